The van der Waals surface area contributed by atoms with Gasteiger partial charge in [0.2, 0.25) is 0 Å². The molecule has 0 saturated heterocycles. The Morgan fingerprint density at radius 3 is 1.54 bits per heavy atom. The van der Waals surface area contributed by atoms with Crippen LogP contribution in [0.5, 0.6) is 0 Å². The number of hydrogen-bond acceptors (Lipinski definition) is 0. The Morgan fingerprint density at radius 1 is 0.688 bits per heavy atom. The summed E-state index contributed by atoms with van der Waals surface area (Å²) in [5, 5.41) is 1.43. The molecule has 1 aliphatic rings. The molecular weight excluding hydrogens is 651 g/mol. The van der Waals surface area contributed by atoms with Crippen LogP contribution in [0, 0.1) is 20.8 Å². The number of rotatable bonds is 11. The van der Waals surface area contributed by atoms with Gasteiger partial charge in [-0.1, -0.05) is 115 Å². The maximum Gasteiger partial charge on any atom is 0.381 e. The fourth-order valence-electron chi connectivity index (χ4n) is 6.98. The van der Waals surface area contributed by atoms with E-state index in [1.807, 2.05) is 6.92 Å². The lowest BCUT2D eigenvalue weighted by Crippen LogP contribution is -2.77. The molecule has 8 heteroatoms. The largest absolute Gasteiger partial charge is 0.381 e. The molecule has 1 aliphatic carbocycles. The molecule has 0 bridgehead atoms. The minimum Gasteiger partial charge on any atom is -0.175 e. The number of allylic oxidation sites excluding steroid dienone is 5. The molecule has 0 nitrogen and oxygen atoms in total. The highest BCUT2D eigenvalue weighted by Gasteiger charge is 2.76. The van der Waals surface area contributed by atoms with Gasteiger partial charge in [-0.05, 0) is 116 Å². The molecule has 0 radical (unpaired) electrons. The number of alkyl halides is 6. The van der Waals surface area contributed by atoms with Gasteiger partial charge in [0.1, 0.15) is 8.07 Å². The minimum absolute atomic E-state index is 0.435. The van der Waals surface area contributed by atoms with Crippen LogP contribution in [0.3, 0.4) is 0 Å². The molecule has 0 saturated carbocycles. The lowest BCUT2D eigenvalue weighted by atomic mass is 9.98. The average Bonchev–Trinajstić information content (AvgIpc) is 2.99. The van der Waals surface area contributed by atoms with Gasteiger partial charge in [-0.25, -0.2) is 0 Å². The quantitative estimate of drug-likeness (QED) is 0.106. The summed E-state index contributed by atoms with van der Waals surface area (Å²) in [7, 11) is -8.14. The van der Waals surface area contributed by atoms with Crippen molar-refractivity contribution in [2.45, 2.75) is 104 Å². The van der Waals surface area contributed by atoms with E-state index < -0.39 is 38.1 Å². The first-order chi connectivity index (χ1) is 22.3. The third kappa shape index (κ3) is 7.54. The van der Waals surface area contributed by atoms with E-state index in [0.717, 1.165) is 71.4 Å². The first kappa shape index (κ1) is 37.7. The summed E-state index contributed by atoms with van der Waals surface area (Å²) in [4.78, 5) is 0. The van der Waals surface area contributed by atoms with Gasteiger partial charge in [-0.15, -0.1) is 0 Å². The molecular formula is C40H48F6Si2. The second kappa shape index (κ2) is 14.4. The second-order valence-corrected chi connectivity index (χ2v) is 22.3. The third-order valence-corrected chi connectivity index (χ3v) is 18.0. The summed E-state index contributed by atoms with van der Waals surface area (Å²) in [5.74, 6) is -11.0. The van der Waals surface area contributed by atoms with E-state index in [9.17, 15) is 0 Å². The highest BCUT2D eigenvalue weighted by atomic mass is 28.3. The third-order valence-electron chi connectivity index (χ3n) is 10.4. The van der Waals surface area contributed by atoms with Crippen molar-refractivity contribution < 1.29 is 26.3 Å². The van der Waals surface area contributed by atoms with E-state index in [2.05, 4.69) is 63.9 Å². The van der Waals surface area contributed by atoms with Crippen LogP contribution in [0.25, 0.3) is 0 Å². The first-order valence-corrected chi connectivity index (χ1v) is 21.8. The van der Waals surface area contributed by atoms with Gasteiger partial charge >= 0.3 is 19.7 Å². The molecule has 0 aliphatic heterocycles. The maximum atomic E-state index is 15.0. The predicted octanol–water partition coefficient (Wildman–Crippen LogP) is 10.2. The van der Waals surface area contributed by atoms with Crippen LogP contribution in [0.15, 0.2) is 89.7 Å². The van der Waals surface area contributed by atoms with E-state index >= 15 is 26.3 Å². The fourth-order valence-corrected chi connectivity index (χ4v) is 13.1. The molecule has 0 amide bonds. The molecule has 48 heavy (non-hydrogen) atoms. The van der Waals surface area contributed by atoms with E-state index in [-0.39, 0.29) is 0 Å². The van der Waals surface area contributed by atoms with Crippen molar-refractivity contribution in [2.75, 3.05) is 0 Å². The van der Waals surface area contributed by atoms with Crippen molar-refractivity contribution in [2.24, 2.45) is 0 Å². The van der Waals surface area contributed by atoms with Gasteiger partial charge in [0, 0.05) is 0 Å². The van der Waals surface area contributed by atoms with Gasteiger partial charge in [-0.2, -0.15) is 26.3 Å². The average molecular weight is 699 g/mol. The lowest BCUT2D eigenvalue weighted by Gasteiger charge is -2.36. The Balaban J connectivity index is 1.64. The molecule has 0 atom stereocenters. The fraction of sp³-hybridized carbons (Fsp3) is 0.400. The van der Waals surface area contributed by atoms with Crippen molar-refractivity contribution in [1.29, 1.82) is 0 Å². The molecule has 0 unspecified atom stereocenters. The predicted molar refractivity (Wildman–Crippen MR) is 194 cm³/mol. The Bertz CT molecular complexity index is 1710. The molecule has 0 spiro atoms. The normalized spacial score (nSPS) is 14.5. The van der Waals surface area contributed by atoms with Crippen molar-refractivity contribution in [1.82, 2.24) is 0 Å². The molecule has 0 aromatic heterocycles. The Morgan fingerprint density at radius 2 is 1.12 bits per heavy atom. The van der Waals surface area contributed by atoms with Crippen molar-refractivity contribution >= 4 is 31.7 Å². The number of halogens is 6. The standard InChI is InChI=1S/C40H48F6Si2/c1-9-27(2)13-14-32-18-21-37(25-30(32)5)48(39(41,42)43,40(44,45)46)38-22-19-34(31(6)26-38)16-15-33-17-20-36(24-29(33)4)47(7,8)35-12-10-11-28(3)23-35/h12,17-26H,2,9-11,13-16H2,1,3-8H3. The molecule has 0 fully saturated rings. The van der Waals surface area contributed by atoms with Crippen LogP contribution in [-0.4, -0.2) is 27.7 Å². The molecule has 258 valence electrons. The second-order valence-electron chi connectivity index (χ2n) is 14.1. The molecule has 3 aromatic rings. The van der Waals surface area contributed by atoms with Crippen LogP contribution < -0.4 is 15.6 Å². The van der Waals surface area contributed by atoms with Gasteiger partial charge < -0.3 is 0 Å². The van der Waals surface area contributed by atoms with Crippen LogP contribution >= 0.6 is 0 Å². The van der Waals surface area contributed by atoms with Gasteiger partial charge in [0.15, 0.2) is 0 Å². The van der Waals surface area contributed by atoms with Crippen LogP contribution in [-0.2, 0) is 19.3 Å². The van der Waals surface area contributed by atoms with Gasteiger partial charge in [0.25, 0.3) is 0 Å². The first-order valence-electron chi connectivity index (χ1n) is 16.8. The van der Waals surface area contributed by atoms with Crippen molar-refractivity contribution in [3.8, 4) is 0 Å². The molecule has 0 N–H and O–H groups in total. The smallest absolute Gasteiger partial charge is 0.175 e. The zero-order chi connectivity index (χ0) is 35.7. The zero-order valence-electron chi connectivity index (χ0n) is 29.3. The summed E-state index contributed by atoms with van der Waals surface area (Å²) in [5.41, 5.74) is 7.04. The lowest BCUT2D eigenvalue weighted by molar-refractivity contribution is -0.107. The highest BCUT2D eigenvalue weighted by molar-refractivity contribution is 7.05. The number of hydrogen-bond donors (Lipinski definition) is 0. The van der Waals surface area contributed by atoms with E-state index in [1.165, 1.54) is 28.1 Å². The van der Waals surface area contributed by atoms with E-state index in [1.54, 1.807) is 13.8 Å². The van der Waals surface area contributed by atoms with Crippen molar-refractivity contribution in [3.05, 3.63) is 123 Å². The van der Waals surface area contributed by atoms with E-state index in [0.29, 0.717) is 36.8 Å². The summed E-state index contributed by atoms with van der Waals surface area (Å²) < 4.78 is 90.0. The van der Waals surface area contributed by atoms with Crippen molar-refractivity contribution in [3.63, 3.8) is 0 Å². The number of aryl methyl sites for hydroxylation is 6. The molecule has 0 heterocycles. The number of benzene rings is 3. The maximum absolute atomic E-state index is 15.0. The SMILES string of the molecule is C=C(CC)CCc1ccc([Si](c2ccc(CCc3ccc([Si](C)(C)C4=CCCC(C)=C4)cc3C)c(C)c2)(C(F)(F)F)C(F)(F)F)cc1C. The van der Waals surface area contributed by atoms with Gasteiger partial charge in [-0.3, -0.25) is 0 Å². The monoisotopic (exact) mass is 698 g/mol. The Hall–Kier alpha value is -3.11. The Labute approximate surface area is 284 Å². The Kier molecular flexibility index (Phi) is 11.3. The summed E-state index contributed by atoms with van der Waals surface area (Å²) in [6.45, 7) is 18.1. The van der Waals surface area contributed by atoms with Gasteiger partial charge in [0.05, 0.1) is 0 Å². The molecule has 4 rings (SSSR count). The zero-order valence-corrected chi connectivity index (χ0v) is 31.3. The van der Waals surface area contributed by atoms with Crippen LogP contribution in [0.1, 0.15) is 72.9 Å². The topological polar surface area (TPSA) is 0 Å². The van der Waals surface area contributed by atoms with Crippen LogP contribution in [0.2, 0.25) is 13.1 Å². The van der Waals surface area contributed by atoms with Crippen LogP contribution in [0.4, 0.5) is 26.3 Å². The highest BCUT2D eigenvalue weighted by Crippen LogP contribution is 2.41. The van der Waals surface area contributed by atoms with E-state index in [4.69, 9.17) is 0 Å². The summed E-state index contributed by atoms with van der Waals surface area (Å²) >= 11 is 0. The summed E-state index contributed by atoms with van der Waals surface area (Å²) in [6.07, 6.45) is 9.97. The minimum atomic E-state index is -6.27. The molecule has 3 aromatic carbocycles. The summed E-state index contributed by atoms with van der Waals surface area (Å²) in [6, 6.07) is 13.9.